The van der Waals surface area contributed by atoms with Crippen LogP contribution in [0.5, 0.6) is 0 Å². The van der Waals surface area contributed by atoms with E-state index in [4.69, 9.17) is 4.74 Å². The Kier molecular flexibility index (Phi) is 10.8. The van der Waals surface area contributed by atoms with Crippen LogP contribution in [0.4, 0.5) is 4.79 Å². The predicted molar refractivity (Wildman–Crippen MR) is 129 cm³/mol. The Labute approximate surface area is 198 Å². The molecule has 0 radical (unpaired) electrons. The number of ether oxygens (including phenoxy) is 1. The highest BCUT2D eigenvalue weighted by Gasteiger charge is 2.36. The SMILES string of the molecule is Cc1cccc(C(C(=O)NC(C)C)N(CCO)C(=O)C(CC(C)C)NC(=O)OC(C)(C)C)c1. The van der Waals surface area contributed by atoms with E-state index in [2.05, 4.69) is 10.6 Å². The van der Waals surface area contributed by atoms with Crippen molar-refractivity contribution in [2.75, 3.05) is 13.2 Å². The summed E-state index contributed by atoms with van der Waals surface area (Å²) in [6.45, 7) is 14.3. The zero-order valence-corrected chi connectivity index (χ0v) is 21.3. The van der Waals surface area contributed by atoms with Crippen molar-refractivity contribution in [3.8, 4) is 0 Å². The van der Waals surface area contributed by atoms with Crippen molar-refractivity contribution < 1.29 is 24.2 Å². The average Bonchev–Trinajstić information content (AvgIpc) is 2.64. The molecule has 2 unspecified atom stereocenters. The average molecular weight is 464 g/mol. The van der Waals surface area contributed by atoms with Gasteiger partial charge in [0.2, 0.25) is 11.8 Å². The Balaban J connectivity index is 3.40. The minimum absolute atomic E-state index is 0.0620. The fourth-order valence-corrected chi connectivity index (χ4v) is 3.49. The van der Waals surface area contributed by atoms with Gasteiger partial charge in [0.15, 0.2) is 0 Å². The number of amides is 3. The third-order valence-corrected chi connectivity index (χ3v) is 4.67. The van der Waals surface area contributed by atoms with Crippen LogP contribution < -0.4 is 10.6 Å². The fourth-order valence-electron chi connectivity index (χ4n) is 3.49. The maximum Gasteiger partial charge on any atom is 0.408 e. The zero-order chi connectivity index (χ0) is 25.3. The second kappa shape index (κ2) is 12.6. The van der Waals surface area contributed by atoms with Crippen molar-refractivity contribution in [3.05, 3.63) is 35.4 Å². The molecule has 3 amide bonds. The fraction of sp³-hybridized carbons (Fsp3) is 0.640. The Hall–Kier alpha value is -2.61. The van der Waals surface area contributed by atoms with E-state index in [1.54, 1.807) is 26.8 Å². The van der Waals surface area contributed by atoms with Crippen LogP contribution in [0.15, 0.2) is 24.3 Å². The lowest BCUT2D eigenvalue weighted by molar-refractivity contribution is -0.143. The zero-order valence-electron chi connectivity index (χ0n) is 21.3. The third-order valence-electron chi connectivity index (χ3n) is 4.67. The standard InChI is InChI=1S/C25H41N3O5/c1-16(2)14-20(27-24(32)33-25(6,7)8)23(31)28(12-13-29)21(22(30)26-17(3)4)19-11-9-10-18(5)15-19/h9-11,15-17,20-21,29H,12-14H2,1-8H3,(H,26,30)(H,27,32). The molecular formula is C25H41N3O5. The summed E-state index contributed by atoms with van der Waals surface area (Å²) in [7, 11) is 0. The van der Waals surface area contributed by atoms with E-state index >= 15 is 0 Å². The summed E-state index contributed by atoms with van der Waals surface area (Å²) >= 11 is 0. The summed E-state index contributed by atoms with van der Waals surface area (Å²) in [6, 6.07) is 5.36. The van der Waals surface area contributed by atoms with Crippen LogP contribution >= 0.6 is 0 Å². The minimum Gasteiger partial charge on any atom is -0.444 e. The number of hydrogen-bond acceptors (Lipinski definition) is 5. The maximum atomic E-state index is 13.7. The van der Waals surface area contributed by atoms with Crippen molar-refractivity contribution in [1.82, 2.24) is 15.5 Å². The van der Waals surface area contributed by atoms with Gasteiger partial charge < -0.3 is 25.4 Å². The van der Waals surface area contributed by atoms with Crippen LogP contribution in [-0.4, -0.2) is 58.8 Å². The molecule has 0 aromatic heterocycles. The van der Waals surface area contributed by atoms with Crippen LogP contribution in [0, 0.1) is 12.8 Å². The van der Waals surface area contributed by atoms with Crippen molar-refractivity contribution in [3.63, 3.8) is 0 Å². The van der Waals surface area contributed by atoms with Gasteiger partial charge >= 0.3 is 6.09 Å². The molecule has 1 aromatic carbocycles. The summed E-state index contributed by atoms with van der Waals surface area (Å²) in [5.41, 5.74) is 0.856. The molecule has 8 heteroatoms. The van der Waals surface area contributed by atoms with Gasteiger partial charge in [-0.2, -0.15) is 0 Å². The number of rotatable bonds is 10. The van der Waals surface area contributed by atoms with Crippen molar-refractivity contribution >= 4 is 17.9 Å². The van der Waals surface area contributed by atoms with Gasteiger partial charge in [0.05, 0.1) is 6.61 Å². The van der Waals surface area contributed by atoms with Crippen LogP contribution in [0.1, 0.15) is 72.1 Å². The number of carbonyl (C=O) groups excluding carboxylic acids is 3. The maximum absolute atomic E-state index is 13.7. The summed E-state index contributed by atoms with van der Waals surface area (Å²) in [5, 5.41) is 15.3. The molecule has 1 aromatic rings. The van der Waals surface area contributed by atoms with Gasteiger partial charge in [0.25, 0.3) is 0 Å². The van der Waals surface area contributed by atoms with Gasteiger partial charge in [-0.15, -0.1) is 0 Å². The van der Waals surface area contributed by atoms with Gasteiger partial charge in [-0.1, -0.05) is 43.7 Å². The highest BCUT2D eigenvalue weighted by molar-refractivity contribution is 5.92. The van der Waals surface area contributed by atoms with Crippen molar-refractivity contribution in [1.29, 1.82) is 0 Å². The molecule has 1 rings (SSSR count). The van der Waals surface area contributed by atoms with Crippen LogP contribution in [0.25, 0.3) is 0 Å². The molecule has 0 aliphatic rings. The van der Waals surface area contributed by atoms with Gasteiger partial charge in [-0.25, -0.2) is 4.79 Å². The first-order valence-electron chi connectivity index (χ1n) is 11.5. The van der Waals surface area contributed by atoms with Crippen molar-refractivity contribution in [2.45, 2.75) is 85.5 Å². The Bertz CT molecular complexity index is 801. The molecule has 0 aliphatic heterocycles. The Morgan fingerprint density at radius 3 is 2.21 bits per heavy atom. The highest BCUT2D eigenvalue weighted by Crippen LogP contribution is 2.24. The van der Waals surface area contributed by atoms with E-state index in [0.29, 0.717) is 12.0 Å². The molecule has 186 valence electrons. The quantitative estimate of drug-likeness (QED) is 0.493. The molecule has 8 nitrogen and oxygen atoms in total. The number of alkyl carbamates (subject to hydrolysis) is 1. The molecule has 3 N–H and O–H groups in total. The van der Waals surface area contributed by atoms with Crippen LogP contribution in [-0.2, 0) is 14.3 Å². The molecule has 2 atom stereocenters. The van der Waals surface area contributed by atoms with E-state index in [1.807, 2.05) is 52.8 Å². The summed E-state index contributed by atoms with van der Waals surface area (Å²) in [5.74, 6) is -0.709. The van der Waals surface area contributed by atoms with E-state index in [1.165, 1.54) is 4.90 Å². The number of aliphatic hydroxyl groups excluding tert-OH is 1. The topological polar surface area (TPSA) is 108 Å². The molecule has 0 heterocycles. The monoisotopic (exact) mass is 463 g/mol. The van der Waals surface area contributed by atoms with E-state index in [-0.39, 0.29) is 31.0 Å². The number of hydrogen-bond donors (Lipinski definition) is 3. The Morgan fingerprint density at radius 2 is 1.73 bits per heavy atom. The predicted octanol–water partition coefficient (Wildman–Crippen LogP) is 3.32. The summed E-state index contributed by atoms with van der Waals surface area (Å²) < 4.78 is 5.35. The summed E-state index contributed by atoms with van der Waals surface area (Å²) in [6.07, 6.45) is -0.351. The van der Waals surface area contributed by atoms with Crippen molar-refractivity contribution in [2.24, 2.45) is 5.92 Å². The lowest BCUT2D eigenvalue weighted by Gasteiger charge is -2.35. The van der Waals surface area contributed by atoms with E-state index in [9.17, 15) is 19.5 Å². The molecule has 0 fully saturated rings. The van der Waals surface area contributed by atoms with Gasteiger partial charge in [0.1, 0.15) is 17.7 Å². The number of carbonyl (C=O) groups is 3. The molecule has 33 heavy (non-hydrogen) atoms. The first kappa shape index (κ1) is 28.4. The minimum atomic E-state index is -0.956. The molecular weight excluding hydrogens is 422 g/mol. The van der Waals surface area contributed by atoms with Crippen LogP contribution in [0.2, 0.25) is 0 Å². The number of benzene rings is 1. The first-order chi connectivity index (χ1) is 15.2. The molecule has 0 spiro atoms. The third kappa shape index (κ3) is 9.82. The number of nitrogens with zero attached hydrogens (tertiary/aromatic N) is 1. The van der Waals surface area contributed by atoms with E-state index in [0.717, 1.165) is 5.56 Å². The summed E-state index contributed by atoms with van der Waals surface area (Å²) in [4.78, 5) is 40.8. The van der Waals surface area contributed by atoms with Gasteiger partial charge in [-0.05, 0) is 59.4 Å². The lowest BCUT2D eigenvalue weighted by Crippen LogP contribution is -2.54. The smallest absolute Gasteiger partial charge is 0.408 e. The molecule has 0 bridgehead atoms. The second-order valence-corrected chi connectivity index (χ2v) is 10.1. The highest BCUT2D eigenvalue weighted by atomic mass is 16.6. The van der Waals surface area contributed by atoms with Gasteiger partial charge in [-0.3, -0.25) is 9.59 Å². The second-order valence-electron chi connectivity index (χ2n) is 10.1. The number of aryl methyl sites for hydroxylation is 1. The molecule has 0 saturated carbocycles. The first-order valence-corrected chi connectivity index (χ1v) is 11.5. The number of aliphatic hydroxyl groups is 1. The molecule has 0 saturated heterocycles. The van der Waals surface area contributed by atoms with Gasteiger partial charge in [0, 0.05) is 12.6 Å². The Morgan fingerprint density at radius 1 is 1.09 bits per heavy atom. The largest absolute Gasteiger partial charge is 0.444 e. The molecule has 0 aliphatic carbocycles. The van der Waals surface area contributed by atoms with Crippen LogP contribution in [0.3, 0.4) is 0 Å². The van der Waals surface area contributed by atoms with E-state index < -0.39 is 29.7 Å². The normalized spacial score (nSPS) is 13.4. The number of nitrogens with one attached hydrogen (secondary N) is 2. The lowest BCUT2D eigenvalue weighted by atomic mass is 9.98.